The fourth-order valence-corrected chi connectivity index (χ4v) is 2.27. The third-order valence-electron chi connectivity index (χ3n) is 3.62. The van der Waals surface area contributed by atoms with Crippen molar-refractivity contribution in [3.8, 4) is 5.75 Å². The SMILES string of the molecule is CCC(CC)CC(C)(N)c1ccc(OC)cc1. The van der Waals surface area contributed by atoms with Gasteiger partial charge in [0.05, 0.1) is 7.11 Å². The van der Waals surface area contributed by atoms with Crippen molar-refractivity contribution < 1.29 is 4.74 Å². The van der Waals surface area contributed by atoms with E-state index in [4.69, 9.17) is 10.5 Å². The van der Waals surface area contributed by atoms with Gasteiger partial charge < -0.3 is 10.5 Å². The summed E-state index contributed by atoms with van der Waals surface area (Å²) in [5, 5.41) is 0. The molecule has 1 aromatic carbocycles. The largest absolute Gasteiger partial charge is 0.497 e. The molecule has 1 unspecified atom stereocenters. The van der Waals surface area contributed by atoms with Gasteiger partial charge in [-0.25, -0.2) is 0 Å². The quantitative estimate of drug-likeness (QED) is 0.816. The monoisotopic (exact) mass is 235 g/mol. The average molecular weight is 235 g/mol. The summed E-state index contributed by atoms with van der Waals surface area (Å²) in [6.45, 7) is 6.59. The Morgan fingerprint density at radius 1 is 1.18 bits per heavy atom. The van der Waals surface area contributed by atoms with Crippen LogP contribution in [0.2, 0.25) is 0 Å². The lowest BCUT2D eigenvalue weighted by Crippen LogP contribution is -2.35. The zero-order chi connectivity index (χ0) is 12.9. The van der Waals surface area contributed by atoms with Gasteiger partial charge in [0.1, 0.15) is 5.75 Å². The van der Waals surface area contributed by atoms with Crippen LogP contribution in [0.3, 0.4) is 0 Å². The molecule has 2 heteroatoms. The molecule has 0 aliphatic rings. The first-order chi connectivity index (χ1) is 8.03. The van der Waals surface area contributed by atoms with E-state index in [1.54, 1.807) is 7.11 Å². The molecule has 0 heterocycles. The summed E-state index contributed by atoms with van der Waals surface area (Å²) in [5.41, 5.74) is 7.38. The predicted molar refractivity (Wildman–Crippen MR) is 73.2 cm³/mol. The summed E-state index contributed by atoms with van der Waals surface area (Å²) in [7, 11) is 1.68. The van der Waals surface area contributed by atoms with Gasteiger partial charge in [0.2, 0.25) is 0 Å². The molecule has 0 spiro atoms. The van der Waals surface area contributed by atoms with Crippen LogP contribution in [0, 0.1) is 5.92 Å². The summed E-state index contributed by atoms with van der Waals surface area (Å²) in [6.07, 6.45) is 3.42. The molecule has 2 N–H and O–H groups in total. The maximum Gasteiger partial charge on any atom is 0.118 e. The van der Waals surface area contributed by atoms with Crippen LogP contribution in [-0.2, 0) is 5.54 Å². The van der Waals surface area contributed by atoms with Crippen molar-refractivity contribution in [1.82, 2.24) is 0 Å². The van der Waals surface area contributed by atoms with Crippen LogP contribution in [0.25, 0.3) is 0 Å². The molecule has 0 saturated carbocycles. The van der Waals surface area contributed by atoms with Crippen molar-refractivity contribution in [1.29, 1.82) is 0 Å². The summed E-state index contributed by atoms with van der Waals surface area (Å²) in [4.78, 5) is 0. The summed E-state index contributed by atoms with van der Waals surface area (Å²) >= 11 is 0. The van der Waals surface area contributed by atoms with Crippen molar-refractivity contribution in [3.63, 3.8) is 0 Å². The smallest absolute Gasteiger partial charge is 0.118 e. The average Bonchev–Trinajstić information content (AvgIpc) is 2.36. The van der Waals surface area contributed by atoms with Gasteiger partial charge >= 0.3 is 0 Å². The van der Waals surface area contributed by atoms with Crippen LogP contribution in [0.4, 0.5) is 0 Å². The van der Waals surface area contributed by atoms with Crippen LogP contribution in [0.5, 0.6) is 5.75 Å². The molecule has 0 aliphatic carbocycles. The number of rotatable bonds is 6. The molecule has 0 aromatic heterocycles. The third kappa shape index (κ3) is 3.74. The van der Waals surface area contributed by atoms with Crippen molar-refractivity contribution in [3.05, 3.63) is 29.8 Å². The topological polar surface area (TPSA) is 35.2 Å². The molecular weight excluding hydrogens is 210 g/mol. The molecule has 1 aromatic rings. The van der Waals surface area contributed by atoms with Crippen molar-refractivity contribution in [2.75, 3.05) is 7.11 Å². The standard InChI is InChI=1S/C15H25NO/c1-5-12(6-2)11-15(3,16)13-7-9-14(17-4)10-8-13/h7-10,12H,5-6,11,16H2,1-4H3. The summed E-state index contributed by atoms with van der Waals surface area (Å²) in [6, 6.07) is 8.10. The number of nitrogens with two attached hydrogens (primary N) is 1. The van der Waals surface area contributed by atoms with Gasteiger partial charge in [-0.3, -0.25) is 0 Å². The first-order valence-electron chi connectivity index (χ1n) is 6.46. The number of hydrogen-bond acceptors (Lipinski definition) is 2. The lowest BCUT2D eigenvalue weighted by Gasteiger charge is -2.29. The minimum absolute atomic E-state index is 0.247. The van der Waals surface area contributed by atoms with Crippen LogP contribution in [0.1, 0.15) is 45.6 Å². The minimum atomic E-state index is -0.247. The van der Waals surface area contributed by atoms with Gasteiger partial charge in [-0.05, 0) is 37.0 Å². The van der Waals surface area contributed by atoms with E-state index in [0.717, 1.165) is 12.2 Å². The van der Waals surface area contributed by atoms with Gasteiger partial charge in [-0.15, -0.1) is 0 Å². The maximum atomic E-state index is 6.44. The van der Waals surface area contributed by atoms with E-state index < -0.39 is 0 Å². The second kappa shape index (κ2) is 6.06. The Hall–Kier alpha value is -1.02. The van der Waals surface area contributed by atoms with E-state index in [-0.39, 0.29) is 5.54 Å². The Morgan fingerprint density at radius 3 is 2.12 bits per heavy atom. The zero-order valence-corrected chi connectivity index (χ0v) is 11.5. The molecule has 17 heavy (non-hydrogen) atoms. The van der Waals surface area contributed by atoms with Crippen LogP contribution in [0.15, 0.2) is 24.3 Å². The lowest BCUT2D eigenvalue weighted by atomic mass is 9.82. The second-order valence-corrected chi connectivity index (χ2v) is 5.03. The molecule has 2 nitrogen and oxygen atoms in total. The Kier molecular flexibility index (Phi) is 5.01. The molecule has 96 valence electrons. The van der Waals surface area contributed by atoms with E-state index in [1.807, 2.05) is 12.1 Å². The van der Waals surface area contributed by atoms with Crippen LogP contribution in [-0.4, -0.2) is 7.11 Å². The fraction of sp³-hybridized carbons (Fsp3) is 0.600. The van der Waals surface area contributed by atoms with Crippen molar-refractivity contribution >= 4 is 0 Å². The van der Waals surface area contributed by atoms with E-state index in [9.17, 15) is 0 Å². The normalized spacial score (nSPS) is 14.7. The first kappa shape index (κ1) is 14.0. The number of methoxy groups -OCH3 is 1. The second-order valence-electron chi connectivity index (χ2n) is 5.03. The van der Waals surface area contributed by atoms with E-state index in [0.29, 0.717) is 5.92 Å². The van der Waals surface area contributed by atoms with Crippen LogP contribution >= 0.6 is 0 Å². The minimum Gasteiger partial charge on any atom is -0.497 e. The molecule has 0 radical (unpaired) electrons. The molecular formula is C15H25NO. The molecule has 0 bridgehead atoms. The molecule has 1 atom stereocenters. The summed E-state index contributed by atoms with van der Waals surface area (Å²) < 4.78 is 5.16. The van der Waals surface area contributed by atoms with Gasteiger partial charge in [0, 0.05) is 5.54 Å². The predicted octanol–water partition coefficient (Wildman–Crippen LogP) is 3.70. The lowest BCUT2D eigenvalue weighted by molar-refractivity contribution is 0.329. The third-order valence-corrected chi connectivity index (χ3v) is 3.62. The Labute approximate surface area is 105 Å². The first-order valence-corrected chi connectivity index (χ1v) is 6.46. The van der Waals surface area contributed by atoms with E-state index in [1.165, 1.54) is 18.4 Å². The van der Waals surface area contributed by atoms with Crippen LogP contribution < -0.4 is 10.5 Å². The number of benzene rings is 1. The van der Waals surface area contributed by atoms with E-state index in [2.05, 4.69) is 32.9 Å². The highest BCUT2D eigenvalue weighted by Gasteiger charge is 2.24. The zero-order valence-electron chi connectivity index (χ0n) is 11.5. The number of ether oxygens (including phenoxy) is 1. The van der Waals surface area contributed by atoms with Crippen molar-refractivity contribution in [2.45, 2.75) is 45.6 Å². The van der Waals surface area contributed by atoms with Gasteiger partial charge in [0.25, 0.3) is 0 Å². The molecule has 0 aliphatic heterocycles. The number of hydrogen-bond donors (Lipinski definition) is 1. The summed E-state index contributed by atoms with van der Waals surface area (Å²) in [5.74, 6) is 1.58. The molecule has 0 amide bonds. The van der Waals surface area contributed by atoms with Gasteiger partial charge in [-0.1, -0.05) is 38.8 Å². The van der Waals surface area contributed by atoms with Crippen molar-refractivity contribution in [2.24, 2.45) is 11.7 Å². The highest BCUT2D eigenvalue weighted by atomic mass is 16.5. The molecule has 1 rings (SSSR count). The molecule has 0 fully saturated rings. The molecule has 0 saturated heterocycles. The fourth-order valence-electron chi connectivity index (χ4n) is 2.27. The Morgan fingerprint density at radius 2 is 1.71 bits per heavy atom. The van der Waals surface area contributed by atoms with Gasteiger partial charge in [-0.2, -0.15) is 0 Å². The highest BCUT2D eigenvalue weighted by molar-refractivity contribution is 5.31. The Bertz CT molecular complexity index is 325. The Balaban J connectivity index is 2.80. The van der Waals surface area contributed by atoms with E-state index >= 15 is 0 Å². The van der Waals surface area contributed by atoms with Gasteiger partial charge in [0.15, 0.2) is 0 Å². The highest BCUT2D eigenvalue weighted by Crippen LogP contribution is 2.29. The maximum absolute atomic E-state index is 6.44.